The summed E-state index contributed by atoms with van der Waals surface area (Å²) < 4.78 is 6.49. The second-order valence-corrected chi connectivity index (χ2v) is 14.0. The molecule has 0 saturated heterocycles. The van der Waals surface area contributed by atoms with Gasteiger partial charge in [-0.1, -0.05) is 153 Å². The number of benzene rings is 7. The first-order valence-corrected chi connectivity index (χ1v) is 17.7. The first-order valence-electron chi connectivity index (χ1n) is 17.7. The van der Waals surface area contributed by atoms with Crippen molar-refractivity contribution in [2.24, 2.45) is 0 Å². The molecule has 0 saturated carbocycles. The second-order valence-electron chi connectivity index (χ2n) is 14.0. The molecule has 0 radical (unpaired) electrons. The van der Waals surface area contributed by atoms with Crippen molar-refractivity contribution < 1.29 is 4.42 Å². The molecule has 1 aliphatic carbocycles. The molecule has 52 heavy (non-hydrogen) atoms. The van der Waals surface area contributed by atoms with Crippen LogP contribution in [0.4, 0.5) is 0 Å². The Balaban J connectivity index is 1.16. The fourth-order valence-corrected chi connectivity index (χ4v) is 7.96. The van der Waals surface area contributed by atoms with Gasteiger partial charge in [0.05, 0.1) is 0 Å². The smallest absolute Gasteiger partial charge is 0.164 e. The van der Waals surface area contributed by atoms with Crippen LogP contribution in [-0.4, -0.2) is 15.0 Å². The molecule has 10 rings (SSSR count). The monoisotopic (exact) mass is 667 g/mol. The van der Waals surface area contributed by atoms with Crippen LogP contribution in [0.25, 0.3) is 89.5 Å². The Morgan fingerprint density at radius 2 is 0.962 bits per heavy atom. The highest BCUT2D eigenvalue weighted by molar-refractivity contribution is 6.13. The van der Waals surface area contributed by atoms with E-state index in [4.69, 9.17) is 19.4 Å². The van der Waals surface area contributed by atoms with Crippen molar-refractivity contribution in [3.63, 3.8) is 0 Å². The summed E-state index contributed by atoms with van der Waals surface area (Å²) in [6.07, 6.45) is 0. The van der Waals surface area contributed by atoms with Gasteiger partial charge in [0.2, 0.25) is 0 Å². The fourth-order valence-electron chi connectivity index (χ4n) is 7.96. The summed E-state index contributed by atoms with van der Waals surface area (Å²) in [4.78, 5) is 15.4. The van der Waals surface area contributed by atoms with Crippen molar-refractivity contribution in [3.8, 4) is 67.5 Å². The molecule has 1 aliphatic rings. The number of nitrogens with zero attached hydrogens (tertiary/aromatic N) is 3. The number of fused-ring (bicyclic) bond motifs is 6. The van der Waals surface area contributed by atoms with Crippen molar-refractivity contribution in [2.45, 2.75) is 19.3 Å². The molecule has 0 amide bonds. The Hall–Kier alpha value is -6.65. The van der Waals surface area contributed by atoms with Crippen LogP contribution in [-0.2, 0) is 5.41 Å². The van der Waals surface area contributed by atoms with Gasteiger partial charge < -0.3 is 4.42 Å². The van der Waals surface area contributed by atoms with Crippen molar-refractivity contribution >= 4 is 21.9 Å². The maximum absolute atomic E-state index is 6.49. The van der Waals surface area contributed by atoms with E-state index in [9.17, 15) is 0 Å². The lowest BCUT2D eigenvalue weighted by molar-refractivity contribution is 0.660. The van der Waals surface area contributed by atoms with Crippen LogP contribution >= 0.6 is 0 Å². The molecule has 4 heteroatoms. The van der Waals surface area contributed by atoms with Gasteiger partial charge in [-0.25, -0.2) is 15.0 Å². The van der Waals surface area contributed by atoms with Crippen LogP contribution in [0.2, 0.25) is 0 Å². The molecule has 4 nitrogen and oxygen atoms in total. The number of furan rings is 1. The number of aromatic nitrogens is 3. The maximum atomic E-state index is 6.49. The molecule has 0 N–H and O–H groups in total. The third-order valence-corrected chi connectivity index (χ3v) is 10.6. The molecule has 0 unspecified atom stereocenters. The molecule has 0 fully saturated rings. The van der Waals surface area contributed by atoms with Crippen LogP contribution in [0, 0.1) is 0 Å². The van der Waals surface area contributed by atoms with E-state index in [1.165, 1.54) is 27.8 Å². The average molecular weight is 668 g/mol. The van der Waals surface area contributed by atoms with E-state index in [0.717, 1.165) is 55.3 Å². The number of hydrogen-bond acceptors (Lipinski definition) is 4. The molecule has 2 aromatic heterocycles. The van der Waals surface area contributed by atoms with Crippen molar-refractivity contribution in [1.82, 2.24) is 15.0 Å². The van der Waals surface area contributed by atoms with Gasteiger partial charge in [0, 0.05) is 32.9 Å². The fraction of sp³-hybridized carbons (Fsp3) is 0.0625. The van der Waals surface area contributed by atoms with E-state index in [1.807, 2.05) is 54.6 Å². The summed E-state index contributed by atoms with van der Waals surface area (Å²) in [6, 6.07) is 57.2. The molecular formula is C48H33N3O. The van der Waals surface area contributed by atoms with E-state index in [0.29, 0.717) is 17.5 Å². The highest BCUT2D eigenvalue weighted by Crippen LogP contribution is 2.50. The minimum Gasteiger partial charge on any atom is -0.456 e. The molecule has 0 aliphatic heterocycles. The SMILES string of the molecule is CC1(C)c2ccccc2-c2ccc(-c3ccc4oc5cccc(-c6nc(-c7ccccc7)nc(-c7ccccc7-c7ccccc7)n6)c5c4c3)cc21. The minimum absolute atomic E-state index is 0.0759. The standard InChI is InChI=1S/C48H33N3O/c1-48(2)40-22-12-11-19-35(40)36-26-24-33(29-41(36)48)32-25-27-42-39(28-32)44-38(21-13-23-43(44)52-42)47-50-45(31-16-7-4-8-17-31)49-46(51-47)37-20-10-9-18-34(37)30-14-5-3-6-15-30/h3-29H,1-2H3. The third kappa shape index (κ3) is 4.79. The number of rotatable bonds is 5. The summed E-state index contributed by atoms with van der Waals surface area (Å²) in [5.41, 5.74) is 14.2. The Morgan fingerprint density at radius 1 is 0.385 bits per heavy atom. The van der Waals surface area contributed by atoms with E-state index in [2.05, 4.69) is 123 Å². The van der Waals surface area contributed by atoms with Gasteiger partial charge in [-0.15, -0.1) is 0 Å². The summed E-state index contributed by atoms with van der Waals surface area (Å²) in [7, 11) is 0. The summed E-state index contributed by atoms with van der Waals surface area (Å²) in [6.45, 7) is 4.65. The van der Waals surface area contributed by atoms with Gasteiger partial charge in [0.25, 0.3) is 0 Å². The lowest BCUT2D eigenvalue weighted by atomic mass is 9.81. The zero-order valence-electron chi connectivity index (χ0n) is 28.8. The van der Waals surface area contributed by atoms with Gasteiger partial charge in [-0.2, -0.15) is 0 Å². The van der Waals surface area contributed by atoms with Gasteiger partial charge >= 0.3 is 0 Å². The van der Waals surface area contributed by atoms with Gasteiger partial charge in [-0.05, 0) is 68.8 Å². The molecular weight excluding hydrogens is 635 g/mol. The first kappa shape index (κ1) is 30.2. The first-order chi connectivity index (χ1) is 25.5. The summed E-state index contributed by atoms with van der Waals surface area (Å²) >= 11 is 0. The molecule has 246 valence electrons. The zero-order chi connectivity index (χ0) is 34.8. The Morgan fingerprint density at radius 3 is 1.75 bits per heavy atom. The Labute approximate surface area is 302 Å². The van der Waals surface area contributed by atoms with Crippen molar-refractivity contribution in [1.29, 1.82) is 0 Å². The molecule has 0 atom stereocenters. The second kappa shape index (κ2) is 11.7. The van der Waals surface area contributed by atoms with Gasteiger partial charge in [0.15, 0.2) is 17.5 Å². The molecule has 7 aromatic carbocycles. The highest BCUT2D eigenvalue weighted by Gasteiger charge is 2.35. The highest BCUT2D eigenvalue weighted by atomic mass is 16.3. The predicted octanol–water partition coefficient (Wildman–Crippen LogP) is 12.4. The third-order valence-electron chi connectivity index (χ3n) is 10.6. The average Bonchev–Trinajstić information content (AvgIpc) is 3.69. The summed E-state index contributed by atoms with van der Waals surface area (Å²) in [5, 5.41) is 2.01. The van der Waals surface area contributed by atoms with Crippen molar-refractivity contribution in [3.05, 3.63) is 175 Å². The molecule has 2 heterocycles. The lowest BCUT2D eigenvalue weighted by Crippen LogP contribution is -2.14. The maximum Gasteiger partial charge on any atom is 0.164 e. The predicted molar refractivity (Wildman–Crippen MR) is 212 cm³/mol. The Bertz CT molecular complexity index is 2820. The van der Waals surface area contributed by atoms with E-state index in [-0.39, 0.29) is 5.41 Å². The van der Waals surface area contributed by atoms with Crippen LogP contribution < -0.4 is 0 Å². The molecule has 0 spiro atoms. The van der Waals surface area contributed by atoms with Gasteiger partial charge in [0.1, 0.15) is 11.2 Å². The van der Waals surface area contributed by atoms with E-state index >= 15 is 0 Å². The van der Waals surface area contributed by atoms with E-state index < -0.39 is 0 Å². The zero-order valence-corrected chi connectivity index (χ0v) is 28.8. The molecule has 0 bridgehead atoms. The molecule has 9 aromatic rings. The van der Waals surface area contributed by atoms with Crippen LogP contribution in [0.5, 0.6) is 0 Å². The lowest BCUT2D eigenvalue weighted by Gasteiger charge is -2.22. The summed E-state index contributed by atoms with van der Waals surface area (Å²) in [5.74, 6) is 1.84. The van der Waals surface area contributed by atoms with E-state index in [1.54, 1.807) is 0 Å². The largest absolute Gasteiger partial charge is 0.456 e. The van der Waals surface area contributed by atoms with Crippen LogP contribution in [0.1, 0.15) is 25.0 Å². The quantitative estimate of drug-likeness (QED) is 0.183. The number of hydrogen-bond donors (Lipinski definition) is 0. The normalized spacial score (nSPS) is 13.0. The van der Waals surface area contributed by atoms with Crippen molar-refractivity contribution in [2.75, 3.05) is 0 Å². The Kier molecular flexibility index (Phi) is 6.80. The minimum atomic E-state index is -0.0759. The topological polar surface area (TPSA) is 51.8 Å². The van der Waals surface area contributed by atoms with Gasteiger partial charge in [-0.3, -0.25) is 0 Å². The van der Waals surface area contributed by atoms with Crippen LogP contribution in [0.3, 0.4) is 0 Å². The van der Waals surface area contributed by atoms with Crippen LogP contribution in [0.15, 0.2) is 168 Å².